The Morgan fingerprint density at radius 3 is 2.78 bits per heavy atom. The molecule has 0 heterocycles. The van der Waals surface area contributed by atoms with Gasteiger partial charge >= 0.3 is 6.09 Å². The molecule has 0 saturated heterocycles. The first-order valence-corrected chi connectivity index (χ1v) is 2.90. The minimum atomic E-state index is -1.26. The Kier molecular flexibility index (Phi) is 4.59. The molecule has 0 aromatic carbocycles. The van der Waals surface area contributed by atoms with Crippen LogP contribution in [0.25, 0.3) is 0 Å². The number of amides is 1. The molecule has 0 unspecified atom stereocenters. The van der Waals surface area contributed by atoms with Crippen molar-refractivity contribution in [3.63, 3.8) is 0 Å². The van der Waals surface area contributed by atoms with E-state index in [-0.39, 0.29) is 0 Å². The minimum absolute atomic E-state index is 0.889. The van der Waals surface area contributed by atoms with E-state index in [0.717, 1.165) is 12.8 Å². The van der Waals surface area contributed by atoms with Crippen LogP contribution >= 0.6 is 0 Å². The van der Waals surface area contributed by atoms with E-state index in [0.29, 0.717) is 0 Å². The molecule has 0 spiro atoms. The Hall–Kier alpha value is -0.990. The summed E-state index contributed by atoms with van der Waals surface area (Å²) >= 11 is 0. The van der Waals surface area contributed by atoms with Crippen LogP contribution < -0.4 is 5.32 Å². The summed E-state index contributed by atoms with van der Waals surface area (Å²) in [5.74, 6) is 0. The summed E-state index contributed by atoms with van der Waals surface area (Å²) in [7, 11) is 0. The average molecular weight is 128 g/mol. The molecule has 9 heavy (non-hydrogen) atoms. The molecule has 0 aliphatic heterocycles. The second-order valence-electron chi connectivity index (χ2n) is 1.62. The molecule has 0 rings (SSSR count). The number of allylic oxidation sites excluding steroid dienone is 1. The van der Waals surface area contributed by atoms with E-state index < -0.39 is 6.09 Å². The number of hydrogen-bond acceptors (Lipinski definition) is 1. The van der Waals surface area contributed by atoms with Crippen molar-refractivity contribution in [1.82, 2.24) is 5.32 Å². The highest BCUT2D eigenvalue weighted by molar-refractivity contribution is 5.65. The zero-order valence-corrected chi connectivity index (χ0v) is 5.39. The maximum Gasteiger partial charge on any atom is 0.454 e. The fourth-order valence-electron chi connectivity index (χ4n) is 0.377. The molecule has 0 aliphatic carbocycles. The molecule has 3 heteroatoms. The van der Waals surface area contributed by atoms with Gasteiger partial charge in [0.1, 0.15) is 0 Å². The molecular weight excluding hydrogens is 118 g/mol. The molecule has 0 aliphatic rings. The topological polar surface area (TPSA) is 49.0 Å². The smallest absolute Gasteiger partial charge is 0.295 e. The van der Waals surface area contributed by atoms with Gasteiger partial charge in [-0.3, -0.25) is 5.32 Å². The molecule has 0 bridgehead atoms. The van der Waals surface area contributed by atoms with Crippen LogP contribution in [0.3, 0.4) is 0 Å². The minimum Gasteiger partial charge on any atom is -0.295 e. The van der Waals surface area contributed by atoms with Crippen LogP contribution in [0.5, 0.6) is 0 Å². The van der Waals surface area contributed by atoms with Crippen LogP contribution in [-0.2, 0) is 5.11 Å². The first kappa shape index (κ1) is 8.01. The van der Waals surface area contributed by atoms with Crippen LogP contribution in [0.15, 0.2) is 12.3 Å². The third-order valence-corrected chi connectivity index (χ3v) is 0.774. The molecule has 3 nitrogen and oxygen atoms in total. The van der Waals surface area contributed by atoms with Crippen LogP contribution in [0.4, 0.5) is 4.79 Å². The SMILES string of the molecule is CCCC=CNC([O])=O. The van der Waals surface area contributed by atoms with Gasteiger partial charge in [-0.05, 0) is 6.42 Å². The number of carbonyl (C=O) groups excluding carboxylic acids is 1. The van der Waals surface area contributed by atoms with Gasteiger partial charge in [0.05, 0.1) is 0 Å². The van der Waals surface area contributed by atoms with Gasteiger partial charge in [0.2, 0.25) is 0 Å². The molecular formula is C6H10NO2. The molecule has 1 radical (unpaired) electrons. The fourth-order valence-corrected chi connectivity index (χ4v) is 0.377. The zero-order valence-electron chi connectivity index (χ0n) is 5.39. The van der Waals surface area contributed by atoms with Crippen molar-refractivity contribution in [2.75, 3.05) is 0 Å². The molecule has 1 amide bonds. The van der Waals surface area contributed by atoms with Crippen molar-refractivity contribution in [1.29, 1.82) is 0 Å². The highest BCUT2D eigenvalue weighted by atomic mass is 16.4. The van der Waals surface area contributed by atoms with Crippen LogP contribution in [0.2, 0.25) is 0 Å². The van der Waals surface area contributed by atoms with Crippen LogP contribution in [-0.4, -0.2) is 6.09 Å². The molecule has 0 atom stereocenters. The second-order valence-corrected chi connectivity index (χ2v) is 1.62. The standard InChI is InChI=1S/C6H10NO2/c1-2-3-4-5-7-6(8)9/h4-5,7H,2-3H2,1H3. The summed E-state index contributed by atoms with van der Waals surface area (Å²) < 4.78 is 0. The first-order valence-electron chi connectivity index (χ1n) is 2.90. The van der Waals surface area contributed by atoms with Gasteiger partial charge < -0.3 is 0 Å². The quantitative estimate of drug-likeness (QED) is 0.614. The third kappa shape index (κ3) is 7.01. The highest BCUT2D eigenvalue weighted by Gasteiger charge is 1.87. The normalized spacial score (nSPS) is 9.89. The number of nitrogens with one attached hydrogen (secondary N) is 1. The van der Waals surface area contributed by atoms with Gasteiger partial charge in [0.25, 0.3) is 0 Å². The Morgan fingerprint density at radius 1 is 1.67 bits per heavy atom. The molecule has 0 aromatic heterocycles. The third-order valence-electron chi connectivity index (χ3n) is 0.774. The lowest BCUT2D eigenvalue weighted by atomic mass is 10.3. The number of rotatable bonds is 3. The Morgan fingerprint density at radius 2 is 2.33 bits per heavy atom. The van der Waals surface area contributed by atoms with Gasteiger partial charge in [0, 0.05) is 6.20 Å². The first-order chi connectivity index (χ1) is 4.27. The van der Waals surface area contributed by atoms with Crippen molar-refractivity contribution in [2.24, 2.45) is 0 Å². The summed E-state index contributed by atoms with van der Waals surface area (Å²) in [6.45, 7) is 2.02. The Labute approximate surface area is 54.4 Å². The molecule has 0 saturated carbocycles. The Bertz CT molecular complexity index is 110. The van der Waals surface area contributed by atoms with Gasteiger partial charge in [-0.25, -0.2) is 9.90 Å². The van der Waals surface area contributed by atoms with Gasteiger partial charge in [-0.15, -0.1) is 0 Å². The summed E-state index contributed by atoms with van der Waals surface area (Å²) in [5.41, 5.74) is 0. The molecule has 51 valence electrons. The lowest BCUT2D eigenvalue weighted by molar-refractivity contribution is 0.173. The molecule has 0 aromatic rings. The predicted octanol–water partition coefficient (Wildman–Crippen LogP) is 1.44. The molecule has 0 fully saturated rings. The van der Waals surface area contributed by atoms with Gasteiger partial charge in [-0.2, -0.15) is 0 Å². The lowest BCUT2D eigenvalue weighted by Gasteiger charge is -1.85. The summed E-state index contributed by atoms with van der Waals surface area (Å²) in [5, 5.41) is 11.7. The highest BCUT2D eigenvalue weighted by Crippen LogP contribution is 1.85. The summed E-state index contributed by atoms with van der Waals surface area (Å²) in [4.78, 5) is 9.69. The number of unbranched alkanes of at least 4 members (excludes halogenated alkanes) is 1. The van der Waals surface area contributed by atoms with E-state index in [2.05, 4.69) is 0 Å². The van der Waals surface area contributed by atoms with Crippen molar-refractivity contribution in [2.45, 2.75) is 19.8 Å². The fraction of sp³-hybridized carbons (Fsp3) is 0.500. The van der Waals surface area contributed by atoms with Gasteiger partial charge in [0.15, 0.2) is 0 Å². The summed E-state index contributed by atoms with van der Waals surface area (Å²) in [6.07, 6.45) is 3.77. The van der Waals surface area contributed by atoms with Crippen LogP contribution in [0.1, 0.15) is 19.8 Å². The van der Waals surface area contributed by atoms with E-state index in [1.54, 1.807) is 6.08 Å². The van der Waals surface area contributed by atoms with Crippen molar-refractivity contribution < 1.29 is 9.90 Å². The van der Waals surface area contributed by atoms with Crippen molar-refractivity contribution >= 4 is 6.09 Å². The second kappa shape index (κ2) is 5.15. The van der Waals surface area contributed by atoms with E-state index in [1.165, 1.54) is 6.20 Å². The van der Waals surface area contributed by atoms with E-state index >= 15 is 0 Å². The lowest BCUT2D eigenvalue weighted by Crippen LogP contribution is -2.10. The number of carbonyl (C=O) groups is 1. The van der Waals surface area contributed by atoms with E-state index in [1.807, 2.05) is 12.2 Å². The van der Waals surface area contributed by atoms with E-state index in [4.69, 9.17) is 0 Å². The van der Waals surface area contributed by atoms with Gasteiger partial charge in [-0.1, -0.05) is 19.4 Å². The average Bonchev–Trinajstić information content (AvgIpc) is 1.80. The van der Waals surface area contributed by atoms with Crippen molar-refractivity contribution in [3.05, 3.63) is 12.3 Å². The van der Waals surface area contributed by atoms with Crippen LogP contribution in [0, 0.1) is 0 Å². The predicted molar refractivity (Wildman–Crippen MR) is 33.3 cm³/mol. The zero-order chi connectivity index (χ0) is 7.11. The summed E-state index contributed by atoms with van der Waals surface area (Å²) in [6, 6.07) is 0. The maximum absolute atomic E-state index is 9.69. The largest absolute Gasteiger partial charge is 0.454 e. The Balaban J connectivity index is 3.14. The molecule has 1 N–H and O–H groups in total. The maximum atomic E-state index is 9.69. The van der Waals surface area contributed by atoms with Crippen molar-refractivity contribution in [3.8, 4) is 0 Å². The monoisotopic (exact) mass is 128 g/mol. The number of hydrogen-bond donors (Lipinski definition) is 1. The van der Waals surface area contributed by atoms with E-state index in [9.17, 15) is 9.90 Å².